The molecule has 1 aliphatic carbocycles. The van der Waals surface area contributed by atoms with Crippen molar-refractivity contribution in [2.75, 3.05) is 18.1 Å². The molecular weight excluding hydrogens is 190 g/mol. The van der Waals surface area contributed by atoms with Crippen molar-refractivity contribution in [1.29, 1.82) is 0 Å². The molecule has 0 aromatic heterocycles. The number of hydrogen-bond acceptors (Lipinski definition) is 2. The second kappa shape index (κ2) is 4.44. The van der Waals surface area contributed by atoms with Crippen LogP contribution in [-0.4, -0.2) is 24.1 Å². The quantitative estimate of drug-likeness (QED) is 0.753. The van der Waals surface area contributed by atoms with E-state index in [4.69, 9.17) is 0 Å². The molecule has 0 bridgehead atoms. The zero-order valence-electron chi connectivity index (χ0n) is 9.51. The molecule has 1 nitrogen and oxygen atoms in total. The van der Waals surface area contributed by atoms with Crippen LogP contribution in [0.25, 0.3) is 0 Å². The first kappa shape index (κ1) is 10.8. The molecule has 0 amide bonds. The summed E-state index contributed by atoms with van der Waals surface area (Å²) in [4.78, 5) is 0. The van der Waals surface area contributed by atoms with Gasteiger partial charge < -0.3 is 5.32 Å². The molecular formula is C12H23NS. The summed E-state index contributed by atoms with van der Waals surface area (Å²) in [6.45, 7) is 6.01. The Morgan fingerprint density at radius 2 is 2.07 bits per heavy atom. The minimum Gasteiger partial charge on any atom is -0.312 e. The van der Waals surface area contributed by atoms with Crippen LogP contribution in [0.3, 0.4) is 0 Å². The van der Waals surface area contributed by atoms with Gasteiger partial charge in [-0.25, -0.2) is 0 Å². The summed E-state index contributed by atoms with van der Waals surface area (Å²) in [7, 11) is 0. The van der Waals surface area contributed by atoms with E-state index in [0.29, 0.717) is 5.41 Å². The lowest BCUT2D eigenvalue weighted by atomic mass is 9.64. The molecule has 2 rings (SSSR count). The van der Waals surface area contributed by atoms with E-state index in [0.717, 1.165) is 12.0 Å². The number of nitrogens with one attached hydrogen (secondary N) is 1. The van der Waals surface area contributed by atoms with Gasteiger partial charge in [0.15, 0.2) is 0 Å². The largest absolute Gasteiger partial charge is 0.312 e. The van der Waals surface area contributed by atoms with Crippen LogP contribution in [-0.2, 0) is 0 Å². The van der Waals surface area contributed by atoms with Crippen LogP contribution in [0.2, 0.25) is 0 Å². The minimum absolute atomic E-state index is 0.689. The highest BCUT2D eigenvalue weighted by Crippen LogP contribution is 2.45. The summed E-state index contributed by atoms with van der Waals surface area (Å²) >= 11 is 2.07. The molecule has 0 atom stereocenters. The van der Waals surface area contributed by atoms with Crippen molar-refractivity contribution in [2.24, 2.45) is 11.3 Å². The topological polar surface area (TPSA) is 12.0 Å². The fraction of sp³-hybridized carbons (Fsp3) is 1.00. The van der Waals surface area contributed by atoms with Crippen LogP contribution < -0.4 is 5.32 Å². The summed E-state index contributed by atoms with van der Waals surface area (Å²) in [5.41, 5.74) is 0.689. The van der Waals surface area contributed by atoms with E-state index in [1.54, 1.807) is 0 Å². The SMILES string of the molecule is CC(C)CC1(CNC2CSC2)CCC1. The van der Waals surface area contributed by atoms with Gasteiger partial charge in [-0.05, 0) is 30.6 Å². The zero-order chi connectivity index (χ0) is 10.0. The Morgan fingerprint density at radius 1 is 1.36 bits per heavy atom. The molecule has 1 aliphatic heterocycles. The molecule has 1 N–H and O–H groups in total. The van der Waals surface area contributed by atoms with Crippen molar-refractivity contribution in [3.05, 3.63) is 0 Å². The molecule has 82 valence electrons. The fourth-order valence-electron chi connectivity index (χ4n) is 2.71. The van der Waals surface area contributed by atoms with Crippen molar-refractivity contribution in [2.45, 2.75) is 45.6 Å². The first-order chi connectivity index (χ1) is 6.70. The molecule has 0 aromatic rings. The van der Waals surface area contributed by atoms with E-state index >= 15 is 0 Å². The average molecular weight is 213 g/mol. The molecule has 14 heavy (non-hydrogen) atoms. The Labute approximate surface area is 92.4 Å². The van der Waals surface area contributed by atoms with Gasteiger partial charge in [0, 0.05) is 24.1 Å². The third kappa shape index (κ3) is 2.46. The van der Waals surface area contributed by atoms with Gasteiger partial charge in [0.05, 0.1) is 0 Å². The summed E-state index contributed by atoms with van der Waals surface area (Å²) in [5.74, 6) is 3.56. The lowest BCUT2D eigenvalue weighted by Gasteiger charge is -2.45. The first-order valence-corrected chi connectivity index (χ1v) is 7.17. The highest BCUT2D eigenvalue weighted by atomic mass is 32.2. The monoisotopic (exact) mass is 213 g/mol. The minimum atomic E-state index is 0.689. The Bertz CT molecular complexity index is 183. The van der Waals surface area contributed by atoms with Crippen molar-refractivity contribution in [3.8, 4) is 0 Å². The molecule has 1 saturated heterocycles. The predicted octanol–water partition coefficient (Wildman–Crippen LogP) is 2.91. The molecule has 2 heteroatoms. The third-order valence-corrected chi connectivity index (χ3v) is 4.94. The van der Waals surface area contributed by atoms with Gasteiger partial charge in [-0.3, -0.25) is 0 Å². The summed E-state index contributed by atoms with van der Waals surface area (Å²) in [6, 6.07) is 0.838. The van der Waals surface area contributed by atoms with E-state index in [9.17, 15) is 0 Å². The van der Waals surface area contributed by atoms with Gasteiger partial charge in [0.25, 0.3) is 0 Å². The first-order valence-electron chi connectivity index (χ1n) is 6.01. The van der Waals surface area contributed by atoms with Gasteiger partial charge in [-0.2, -0.15) is 11.8 Å². The van der Waals surface area contributed by atoms with Gasteiger partial charge in [0.1, 0.15) is 0 Å². The Kier molecular flexibility index (Phi) is 3.43. The maximum Gasteiger partial charge on any atom is 0.0249 e. The molecule has 1 saturated carbocycles. The molecule has 0 aromatic carbocycles. The van der Waals surface area contributed by atoms with Crippen LogP contribution >= 0.6 is 11.8 Å². The van der Waals surface area contributed by atoms with E-state index < -0.39 is 0 Å². The molecule has 1 heterocycles. The molecule has 0 unspecified atom stereocenters. The zero-order valence-corrected chi connectivity index (χ0v) is 10.3. The number of rotatable bonds is 5. The lowest BCUT2D eigenvalue weighted by molar-refractivity contribution is 0.0955. The summed E-state index contributed by atoms with van der Waals surface area (Å²) in [6.07, 6.45) is 5.84. The van der Waals surface area contributed by atoms with Crippen LogP contribution in [0, 0.1) is 11.3 Å². The van der Waals surface area contributed by atoms with Crippen LogP contribution in [0.5, 0.6) is 0 Å². The van der Waals surface area contributed by atoms with E-state index in [2.05, 4.69) is 30.9 Å². The van der Waals surface area contributed by atoms with E-state index in [1.807, 2.05) is 0 Å². The number of thioether (sulfide) groups is 1. The second-order valence-corrected chi connectivity index (χ2v) is 6.64. The standard InChI is InChI=1S/C12H23NS/c1-10(2)6-12(4-3-5-12)9-13-11-7-14-8-11/h10-11,13H,3-9H2,1-2H3. The molecule has 0 spiro atoms. The van der Waals surface area contributed by atoms with E-state index in [1.165, 1.54) is 43.7 Å². The third-order valence-electron chi connectivity index (χ3n) is 3.66. The number of hydrogen-bond donors (Lipinski definition) is 1. The van der Waals surface area contributed by atoms with Crippen molar-refractivity contribution >= 4 is 11.8 Å². The highest BCUT2D eigenvalue weighted by Gasteiger charge is 2.37. The summed E-state index contributed by atoms with van der Waals surface area (Å²) < 4.78 is 0. The Hall–Kier alpha value is 0.310. The van der Waals surface area contributed by atoms with E-state index in [-0.39, 0.29) is 0 Å². The van der Waals surface area contributed by atoms with Gasteiger partial charge >= 0.3 is 0 Å². The van der Waals surface area contributed by atoms with Gasteiger partial charge in [0.2, 0.25) is 0 Å². The van der Waals surface area contributed by atoms with Crippen LogP contribution in [0.15, 0.2) is 0 Å². The predicted molar refractivity (Wildman–Crippen MR) is 64.9 cm³/mol. The Morgan fingerprint density at radius 3 is 2.43 bits per heavy atom. The fourth-order valence-corrected chi connectivity index (χ4v) is 3.42. The van der Waals surface area contributed by atoms with Gasteiger partial charge in [-0.1, -0.05) is 20.3 Å². The maximum absolute atomic E-state index is 3.75. The average Bonchev–Trinajstić information content (AvgIpc) is 1.95. The normalized spacial score (nSPS) is 25.9. The van der Waals surface area contributed by atoms with Crippen molar-refractivity contribution in [3.63, 3.8) is 0 Å². The molecule has 2 aliphatic rings. The Balaban J connectivity index is 1.73. The van der Waals surface area contributed by atoms with Crippen LogP contribution in [0.4, 0.5) is 0 Å². The highest BCUT2D eigenvalue weighted by molar-refractivity contribution is 8.00. The summed E-state index contributed by atoms with van der Waals surface area (Å²) in [5, 5.41) is 3.75. The second-order valence-electron chi connectivity index (χ2n) is 5.57. The maximum atomic E-state index is 3.75. The van der Waals surface area contributed by atoms with Gasteiger partial charge in [-0.15, -0.1) is 0 Å². The molecule has 2 fully saturated rings. The van der Waals surface area contributed by atoms with Crippen molar-refractivity contribution in [1.82, 2.24) is 5.32 Å². The molecule has 0 radical (unpaired) electrons. The van der Waals surface area contributed by atoms with Crippen molar-refractivity contribution < 1.29 is 0 Å². The lowest BCUT2D eigenvalue weighted by Crippen LogP contribution is -2.48. The smallest absolute Gasteiger partial charge is 0.0249 e. The van der Waals surface area contributed by atoms with Crippen LogP contribution in [0.1, 0.15) is 39.5 Å².